The number of hydrogen-bond acceptors (Lipinski definition) is 5. The summed E-state index contributed by atoms with van der Waals surface area (Å²) in [6.07, 6.45) is 1.42. The lowest BCUT2D eigenvalue weighted by molar-refractivity contribution is 0.0949. The van der Waals surface area contributed by atoms with Crippen molar-refractivity contribution in [1.29, 1.82) is 0 Å². The van der Waals surface area contributed by atoms with Gasteiger partial charge < -0.3 is 16.4 Å². The van der Waals surface area contributed by atoms with Crippen LogP contribution in [-0.4, -0.2) is 21.8 Å². The highest BCUT2D eigenvalue weighted by Crippen LogP contribution is 2.22. The number of rotatable bonds is 5. The Balaban J connectivity index is 1.39. The fourth-order valence-corrected chi connectivity index (χ4v) is 3.35. The van der Waals surface area contributed by atoms with Crippen molar-refractivity contribution in [3.8, 4) is 0 Å². The first kappa shape index (κ1) is 21.3. The smallest absolute Gasteiger partial charge is 0.255 e. The van der Waals surface area contributed by atoms with Gasteiger partial charge in [-0.05, 0) is 61.0 Å². The van der Waals surface area contributed by atoms with Crippen molar-refractivity contribution >= 4 is 45.7 Å². The van der Waals surface area contributed by atoms with Crippen LogP contribution >= 0.6 is 11.6 Å². The van der Waals surface area contributed by atoms with E-state index in [1.54, 1.807) is 48.5 Å². The summed E-state index contributed by atoms with van der Waals surface area (Å²) < 4.78 is 0. The number of benzene rings is 2. The van der Waals surface area contributed by atoms with Gasteiger partial charge in [-0.25, -0.2) is 4.98 Å². The molecule has 2 heterocycles. The van der Waals surface area contributed by atoms with Crippen LogP contribution in [0.15, 0.2) is 66.9 Å². The van der Waals surface area contributed by atoms with E-state index in [4.69, 9.17) is 17.3 Å². The van der Waals surface area contributed by atoms with E-state index in [0.717, 1.165) is 22.2 Å². The molecule has 0 radical (unpaired) electrons. The molecular formula is C24H20ClN5O2. The highest BCUT2D eigenvalue weighted by molar-refractivity contribution is 6.29. The summed E-state index contributed by atoms with van der Waals surface area (Å²) in [7, 11) is 0. The number of nitrogen functional groups attached to an aromatic ring is 1. The van der Waals surface area contributed by atoms with Crippen LogP contribution in [0.3, 0.4) is 0 Å². The maximum Gasteiger partial charge on any atom is 0.255 e. The molecular weight excluding hydrogens is 426 g/mol. The second-order valence-corrected chi connectivity index (χ2v) is 7.68. The molecule has 0 fully saturated rings. The maximum atomic E-state index is 12.7. The number of halogens is 1. The maximum absolute atomic E-state index is 12.7. The molecule has 8 heteroatoms. The fourth-order valence-electron chi connectivity index (χ4n) is 3.23. The molecule has 0 spiro atoms. The van der Waals surface area contributed by atoms with Gasteiger partial charge in [0.15, 0.2) is 0 Å². The van der Waals surface area contributed by atoms with E-state index in [9.17, 15) is 9.59 Å². The van der Waals surface area contributed by atoms with Crippen molar-refractivity contribution in [2.45, 2.75) is 13.5 Å². The van der Waals surface area contributed by atoms with Crippen LogP contribution < -0.4 is 16.4 Å². The first-order valence-corrected chi connectivity index (χ1v) is 10.2. The number of aromatic nitrogens is 2. The number of hydrogen-bond donors (Lipinski definition) is 3. The van der Waals surface area contributed by atoms with Crippen molar-refractivity contribution in [3.05, 3.63) is 94.4 Å². The van der Waals surface area contributed by atoms with Crippen LogP contribution in [0.25, 0.3) is 10.9 Å². The molecule has 0 bridgehead atoms. The topological polar surface area (TPSA) is 110 Å². The van der Waals surface area contributed by atoms with E-state index in [-0.39, 0.29) is 11.8 Å². The Labute approximate surface area is 189 Å². The Bertz CT molecular complexity index is 1300. The highest BCUT2D eigenvalue weighted by atomic mass is 35.5. The van der Waals surface area contributed by atoms with Gasteiger partial charge in [-0.15, -0.1) is 0 Å². The van der Waals surface area contributed by atoms with Gasteiger partial charge in [0, 0.05) is 40.8 Å². The number of pyridine rings is 2. The first-order chi connectivity index (χ1) is 15.4. The Morgan fingerprint density at radius 1 is 0.969 bits per heavy atom. The molecule has 0 aliphatic carbocycles. The normalized spacial score (nSPS) is 10.7. The molecule has 4 aromatic rings. The lowest BCUT2D eigenvalue weighted by Crippen LogP contribution is -2.22. The van der Waals surface area contributed by atoms with Gasteiger partial charge in [-0.1, -0.05) is 23.7 Å². The van der Waals surface area contributed by atoms with Crippen LogP contribution in [-0.2, 0) is 6.54 Å². The molecule has 0 aliphatic heterocycles. The van der Waals surface area contributed by atoms with E-state index < -0.39 is 0 Å². The first-order valence-electron chi connectivity index (χ1n) is 9.86. The molecule has 160 valence electrons. The minimum Gasteiger partial charge on any atom is -0.398 e. The molecule has 7 nitrogen and oxygen atoms in total. The lowest BCUT2D eigenvalue weighted by atomic mass is 10.1. The average molecular weight is 446 g/mol. The van der Waals surface area contributed by atoms with Crippen LogP contribution in [0.2, 0.25) is 5.15 Å². The van der Waals surface area contributed by atoms with Crippen LogP contribution in [0.4, 0.5) is 11.4 Å². The van der Waals surface area contributed by atoms with E-state index in [2.05, 4.69) is 20.6 Å². The molecule has 2 amide bonds. The number of nitrogens with two attached hydrogens (primary N) is 1. The fraction of sp³-hybridized carbons (Fsp3) is 0.0833. The van der Waals surface area contributed by atoms with E-state index in [1.165, 1.54) is 6.20 Å². The third kappa shape index (κ3) is 4.84. The summed E-state index contributed by atoms with van der Waals surface area (Å²) >= 11 is 5.74. The zero-order chi connectivity index (χ0) is 22.7. The number of amides is 2. The summed E-state index contributed by atoms with van der Waals surface area (Å²) in [4.78, 5) is 33.2. The minimum absolute atomic E-state index is 0.244. The molecule has 4 N–H and O–H groups in total. The summed E-state index contributed by atoms with van der Waals surface area (Å²) in [5.41, 5.74) is 10.7. The SMILES string of the molecule is Cc1cc(N)c2cc(C(=O)Nc3ccc(CNC(=O)c4ccc(Cl)nc4)cc3)ccc2n1. The van der Waals surface area contributed by atoms with Gasteiger partial charge in [-0.2, -0.15) is 0 Å². The molecule has 0 saturated heterocycles. The van der Waals surface area contributed by atoms with Gasteiger partial charge in [0.1, 0.15) is 5.15 Å². The summed E-state index contributed by atoms with van der Waals surface area (Å²) in [5, 5.41) is 6.76. The third-order valence-corrected chi connectivity index (χ3v) is 5.11. The molecule has 0 saturated carbocycles. The van der Waals surface area contributed by atoms with Crippen molar-refractivity contribution in [1.82, 2.24) is 15.3 Å². The zero-order valence-corrected chi connectivity index (χ0v) is 18.0. The van der Waals surface area contributed by atoms with Crippen LogP contribution in [0.1, 0.15) is 32.0 Å². The average Bonchev–Trinajstić information content (AvgIpc) is 2.78. The molecule has 2 aromatic heterocycles. The summed E-state index contributed by atoms with van der Waals surface area (Å²) in [6, 6.07) is 17.4. The standard InChI is InChI=1S/C24H20ClN5O2/c1-14-10-20(26)19-11-16(4-8-21(19)29-14)24(32)30-18-6-2-15(3-7-18)12-28-23(31)17-5-9-22(25)27-13-17/h2-11,13H,12H2,1H3,(H2,26,29)(H,28,31)(H,30,32). The number of aryl methyl sites for hydroxylation is 1. The van der Waals surface area contributed by atoms with Gasteiger partial charge in [0.25, 0.3) is 11.8 Å². The molecule has 4 rings (SSSR count). The predicted octanol–water partition coefficient (Wildman–Crippen LogP) is 4.36. The number of nitrogens with zero attached hydrogens (tertiary/aromatic N) is 2. The molecule has 32 heavy (non-hydrogen) atoms. The monoisotopic (exact) mass is 445 g/mol. The van der Waals surface area contributed by atoms with Crippen molar-refractivity contribution in [3.63, 3.8) is 0 Å². The summed E-state index contributed by atoms with van der Waals surface area (Å²) in [6.45, 7) is 2.21. The number of carbonyl (C=O) groups is 2. The second kappa shape index (κ2) is 9.03. The van der Waals surface area contributed by atoms with E-state index in [1.807, 2.05) is 19.1 Å². The number of carbonyl (C=O) groups excluding carboxylic acids is 2. The van der Waals surface area contributed by atoms with E-state index in [0.29, 0.717) is 34.2 Å². The van der Waals surface area contributed by atoms with Gasteiger partial charge >= 0.3 is 0 Å². The van der Waals surface area contributed by atoms with Gasteiger partial charge in [-0.3, -0.25) is 14.6 Å². The summed E-state index contributed by atoms with van der Waals surface area (Å²) in [5.74, 6) is -0.491. The highest BCUT2D eigenvalue weighted by Gasteiger charge is 2.10. The van der Waals surface area contributed by atoms with Gasteiger partial charge in [0.05, 0.1) is 11.1 Å². The van der Waals surface area contributed by atoms with Crippen molar-refractivity contribution in [2.24, 2.45) is 0 Å². The Morgan fingerprint density at radius 3 is 2.44 bits per heavy atom. The Morgan fingerprint density at radius 2 is 1.72 bits per heavy atom. The van der Waals surface area contributed by atoms with Crippen molar-refractivity contribution in [2.75, 3.05) is 11.1 Å². The third-order valence-electron chi connectivity index (χ3n) is 4.89. The number of anilines is 2. The number of nitrogens with one attached hydrogen (secondary N) is 2. The molecule has 0 aliphatic rings. The number of fused-ring (bicyclic) bond motifs is 1. The Kier molecular flexibility index (Phi) is 6.00. The Hall–Kier alpha value is -3.97. The van der Waals surface area contributed by atoms with Crippen LogP contribution in [0.5, 0.6) is 0 Å². The van der Waals surface area contributed by atoms with Gasteiger partial charge in [0.2, 0.25) is 0 Å². The molecule has 0 atom stereocenters. The quantitative estimate of drug-likeness (QED) is 0.395. The molecule has 0 unspecified atom stereocenters. The largest absolute Gasteiger partial charge is 0.398 e. The zero-order valence-electron chi connectivity index (χ0n) is 17.2. The van der Waals surface area contributed by atoms with E-state index >= 15 is 0 Å². The predicted molar refractivity (Wildman–Crippen MR) is 126 cm³/mol. The second-order valence-electron chi connectivity index (χ2n) is 7.29. The van der Waals surface area contributed by atoms with Crippen molar-refractivity contribution < 1.29 is 9.59 Å². The minimum atomic E-state index is -0.247. The lowest BCUT2D eigenvalue weighted by Gasteiger charge is -2.09. The van der Waals surface area contributed by atoms with Crippen LogP contribution in [0, 0.1) is 6.92 Å². The molecule has 2 aromatic carbocycles.